The van der Waals surface area contributed by atoms with Gasteiger partial charge in [-0.1, -0.05) is 36.4 Å². The third-order valence-corrected chi connectivity index (χ3v) is 6.77. The molecule has 2 atom stereocenters. The second-order valence-corrected chi connectivity index (χ2v) is 9.10. The SMILES string of the molecule is COc1ccc(C(=O)Nc2ccc(/C=C/C(=O)N3CC4C=C(c5ccccc5)CC4C3)cn2)c(OC)n1. The van der Waals surface area contributed by atoms with Crippen molar-refractivity contribution in [3.05, 3.63) is 89.6 Å². The summed E-state index contributed by atoms with van der Waals surface area (Å²) in [6.07, 6.45) is 8.29. The van der Waals surface area contributed by atoms with Gasteiger partial charge in [-0.2, -0.15) is 4.98 Å². The Morgan fingerprint density at radius 2 is 1.86 bits per heavy atom. The van der Waals surface area contributed by atoms with Crippen molar-refractivity contribution >= 4 is 29.3 Å². The van der Waals surface area contributed by atoms with Gasteiger partial charge in [-0.3, -0.25) is 9.59 Å². The maximum absolute atomic E-state index is 12.8. The first kappa shape index (κ1) is 24.2. The van der Waals surface area contributed by atoms with E-state index in [1.165, 1.54) is 25.4 Å². The number of nitrogens with zero attached hydrogens (tertiary/aromatic N) is 3. The smallest absolute Gasteiger partial charge is 0.262 e. The van der Waals surface area contributed by atoms with E-state index < -0.39 is 5.91 Å². The molecule has 3 heterocycles. The summed E-state index contributed by atoms with van der Waals surface area (Å²) in [5, 5.41) is 2.73. The van der Waals surface area contributed by atoms with E-state index >= 15 is 0 Å². The molecule has 188 valence electrons. The summed E-state index contributed by atoms with van der Waals surface area (Å²) < 4.78 is 10.3. The lowest BCUT2D eigenvalue weighted by Gasteiger charge is -2.15. The van der Waals surface area contributed by atoms with Crippen molar-refractivity contribution in [3.8, 4) is 11.8 Å². The van der Waals surface area contributed by atoms with Gasteiger partial charge in [-0.05, 0) is 59.2 Å². The number of likely N-dealkylation sites (tertiary alicyclic amines) is 1. The molecule has 2 unspecified atom stereocenters. The number of carbonyl (C=O) groups excluding carboxylic acids is 2. The van der Waals surface area contributed by atoms with Crippen molar-refractivity contribution in [2.45, 2.75) is 6.42 Å². The van der Waals surface area contributed by atoms with E-state index in [0.29, 0.717) is 23.5 Å². The van der Waals surface area contributed by atoms with Crippen LogP contribution in [0.4, 0.5) is 5.82 Å². The number of fused-ring (bicyclic) bond motifs is 1. The normalized spacial score (nSPS) is 18.4. The predicted octanol–water partition coefficient (Wildman–Crippen LogP) is 4.32. The lowest BCUT2D eigenvalue weighted by Crippen LogP contribution is -2.27. The van der Waals surface area contributed by atoms with Crippen LogP contribution in [0.3, 0.4) is 0 Å². The molecule has 1 saturated heterocycles. The van der Waals surface area contributed by atoms with Crippen LogP contribution in [-0.2, 0) is 4.79 Å². The Labute approximate surface area is 215 Å². The average molecular weight is 497 g/mol. The molecule has 1 N–H and O–H groups in total. The lowest BCUT2D eigenvalue weighted by molar-refractivity contribution is -0.125. The van der Waals surface area contributed by atoms with Gasteiger partial charge in [0, 0.05) is 31.4 Å². The zero-order valence-corrected chi connectivity index (χ0v) is 20.8. The quantitative estimate of drug-likeness (QED) is 0.490. The number of nitrogens with one attached hydrogen (secondary N) is 1. The standard InChI is InChI=1S/C29H28N4O4/c1-36-26-12-10-24(29(32-26)37-2)28(35)31-25-11-8-19(16-30-25)9-13-27(34)33-17-22-14-21(15-23(22)18-33)20-6-4-3-5-7-20/h3-14,16,22-23H,15,17-18H2,1-2H3,(H,30,31,35)/b13-9+. The van der Waals surface area contributed by atoms with Gasteiger partial charge in [0.1, 0.15) is 11.4 Å². The van der Waals surface area contributed by atoms with E-state index in [9.17, 15) is 9.59 Å². The van der Waals surface area contributed by atoms with Gasteiger partial charge in [0.05, 0.1) is 14.2 Å². The Bertz CT molecular complexity index is 1350. The molecule has 37 heavy (non-hydrogen) atoms. The van der Waals surface area contributed by atoms with Crippen LogP contribution in [0.5, 0.6) is 11.8 Å². The van der Waals surface area contributed by atoms with Gasteiger partial charge in [0.25, 0.3) is 5.91 Å². The van der Waals surface area contributed by atoms with Crippen LogP contribution in [-0.4, -0.2) is 54.0 Å². The molecule has 0 radical (unpaired) electrons. The Kier molecular flexibility index (Phi) is 6.98. The highest BCUT2D eigenvalue weighted by molar-refractivity contribution is 6.05. The van der Waals surface area contributed by atoms with E-state index in [2.05, 4.69) is 45.6 Å². The fraction of sp³-hybridized carbons (Fsp3) is 0.241. The minimum absolute atomic E-state index is 0.000501. The third kappa shape index (κ3) is 5.38. The number of rotatable bonds is 7. The molecule has 0 spiro atoms. The number of ether oxygens (including phenoxy) is 2. The zero-order valence-electron chi connectivity index (χ0n) is 20.8. The topological polar surface area (TPSA) is 93.7 Å². The summed E-state index contributed by atoms with van der Waals surface area (Å²) in [6.45, 7) is 1.52. The van der Waals surface area contributed by atoms with Crippen LogP contribution in [0.2, 0.25) is 0 Å². The molecule has 1 fully saturated rings. The molecule has 3 aromatic rings. The average Bonchev–Trinajstić information content (AvgIpc) is 3.52. The van der Waals surface area contributed by atoms with Crippen LogP contribution >= 0.6 is 0 Å². The van der Waals surface area contributed by atoms with Crippen molar-refractivity contribution in [1.29, 1.82) is 0 Å². The number of hydrogen-bond donors (Lipinski definition) is 1. The monoisotopic (exact) mass is 496 g/mol. The number of benzene rings is 1. The number of hydrogen-bond acceptors (Lipinski definition) is 6. The molecular weight excluding hydrogens is 468 g/mol. The van der Waals surface area contributed by atoms with Crippen molar-refractivity contribution in [2.24, 2.45) is 11.8 Å². The first-order valence-electron chi connectivity index (χ1n) is 12.1. The summed E-state index contributed by atoms with van der Waals surface area (Å²) in [7, 11) is 2.93. The molecule has 1 aliphatic heterocycles. The third-order valence-electron chi connectivity index (χ3n) is 6.77. The molecule has 2 aliphatic rings. The van der Waals surface area contributed by atoms with Crippen molar-refractivity contribution in [1.82, 2.24) is 14.9 Å². The van der Waals surface area contributed by atoms with Crippen molar-refractivity contribution < 1.29 is 19.1 Å². The molecule has 1 aliphatic carbocycles. The number of allylic oxidation sites excluding steroid dienone is 1. The largest absolute Gasteiger partial charge is 0.481 e. The molecule has 2 amide bonds. The van der Waals surface area contributed by atoms with Gasteiger partial charge in [-0.15, -0.1) is 0 Å². The molecule has 8 heteroatoms. The highest BCUT2D eigenvalue weighted by Gasteiger charge is 2.37. The maximum atomic E-state index is 12.8. The first-order valence-corrected chi connectivity index (χ1v) is 12.1. The summed E-state index contributed by atoms with van der Waals surface area (Å²) in [5.74, 6) is 1.38. The minimum Gasteiger partial charge on any atom is -0.481 e. The maximum Gasteiger partial charge on any atom is 0.262 e. The van der Waals surface area contributed by atoms with Crippen LogP contribution in [0.1, 0.15) is 27.9 Å². The van der Waals surface area contributed by atoms with Crippen molar-refractivity contribution in [3.63, 3.8) is 0 Å². The Morgan fingerprint density at radius 3 is 2.57 bits per heavy atom. The Morgan fingerprint density at radius 1 is 1.03 bits per heavy atom. The fourth-order valence-corrected chi connectivity index (χ4v) is 4.86. The van der Waals surface area contributed by atoms with Crippen LogP contribution in [0, 0.1) is 11.8 Å². The molecule has 0 saturated carbocycles. The number of aromatic nitrogens is 2. The predicted molar refractivity (Wildman–Crippen MR) is 141 cm³/mol. The lowest BCUT2D eigenvalue weighted by atomic mass is 9.98. The zero-order chi connectivity index (χ0) is 25.8. The molecule has 2 aromatic heterocycles. The van der Waals surface area contributed by atoms with Gasteiger partial charge in [-0.25, -0.2) is 4.98 Å². The number of amides is 2. The molecule has 0 bridgehead atoms. The van der Waals surface area contributed by atoms with Crippen molar-refractivity contribution in [2.75, 3.05) is 32.6 Å². The number of methoxy groups -OCH3 is 2. The summed E-state index contributed by atoms with van der Waals surface area (Å²) in [5.41, 5.74) is 3.70. The van der Waals surface area contributed by atoms with Gasteiger partial charge >= 0.3 is 0 Å². The molecular formula is C29H28N4O4. The Balaban J connectivity index is 1.16. The van der Waals surface area contributed by atoms with Crippen LogP contribution in [0.25, 0.3) is 11.6 Å². The highest BCUT2D eigenvalue weighted by Crippen LogP contribution is 2.40. The van der Waals surface area contributed by atoms with Gasteiger partial charge in [0.15, 0.2) is 0 Å². The minimum atomic E-state index is -0.401. The number of pyridine rings is 2. The van der Waals surface area contributed by atoms with Gasteiger partial charge < -0.3 is 19.7 Å². The van der Waals surface area contributed by atoms with Crippen LogP contribution in [0.15, 0.2) is 72.9 Å². The summed E-state index contributed by atoms with van der Waals surface area (Å²) in [4.78, 5) is 35.8. The Hall–Kier alpha value is -4.46. The van der Waals surface area contributed by atoms with E-state index in [0.717, 1.165) is 25.1 Å². The van der Waals surface area contributed by atoms with Gasteiger partial charge in [0.2, 0.25) is 17.7 Å². The summed E-state index contributed by atoms with van der Waals surface area (Å²) >= 11 is 0. The highest BCUT2D eigenvalue weighted by atomic mass is 16.5. The molecule has 8 nitrogen and oxygen atoms in total. The second-order valence-electron chi connectivity index (χ2n) is 9.10. The van der Waals surface area contributed by atoms with Crippen LogP contribution < -0.4 is 14.8 Å². The van der Waals surface area contributed by atoms with E-state index in [1.807, 2.05) is 11.0 Å². The second kappa shape index (κ2) is 10.7. The number of anilines is 1. The van der Waals surface area contributed by atoms with E-state index in [1.54, 1.807) is 42.6 Å². The molecule has 5 rings (SSSR count). The first-order chi connectivity index (χ1) is 18.0. The van der Waals surface area contributed by atoms with E-state index in [4.69, 9.17) is 9.47 Å². The fourth-order valence-electron chi connectivity index (χ4n) is 4.86. The number of carbonyl (C=O) groups is 2. The van der Waals surface area contributed by atoms with E-state index in [-0.39, 0.29) is 17.4 Å². The molecule has 1 aromatic carbocycles. The summed E-state index contributed by atoms with van der Waals surface area (Å²) in [6, 6.07) is 17.1.